The minimum Gasteiger partial charge on any atom is -0.447 e. The van der Waals surface area contributed by atoms with Crippen LogP contribution in [0.5, 0.6) is 0 Å². The zero-order valence-electron chi connectivity index (χ0n) is 14.0. The summed E-state index contributed by atoms with van der Waals surface area (Å²) in [6.07, 6.45) is 10.1. The summed E-state index contributed by atoms with van der Waals surface area (Å²) in [5, 5.41) is 1.33. The minimum absolute atomic E-state index is 0.772. The quantitative estimate of drug-likeness (QED) is 0.615. The van der Waals surface area contributed by atoms with Crippen LogP contribution in [0.3, 0.4) is 0 Å². The molecule has 0 fully saturated rings. The Bertz CT molecular complexity index is 998. The van der Waals surface area contributed by atoms with Crippen LogP contribution in [0.2, 0.25) is 13.6 Å². The first-order valence-electron chi connectivity index (χ1n) is 8.11. The number of fused-ring (bicyclic) bond motifs is 1. The van der Waals surface area contributed by atoms with Crippen molar-refractivity contribution in [1.82, 2.24) is 0 Å². The van der Waals surface area contributed by atoms with E-state index in [4.69, 9.17) is 4.74 Å². The number of rotatable bonds is 3. The average molecular weight is 326 g/mol. The lowest BCUT2D eigenvalue weighted by atomic mass is 9.67. The van der Waals surface area contributed by atoms with Crippen molar-refractivity contribution >= 4 is 52.7 Å². The van der Waals surface area contributed by atoms with E-state index in [0.717, 1.165) is 17.1 Å². The van der Waals surface area contributed by atoms with E-state index in [1.54, 1.807) is 0 Å². The van der Waals surface area contributed by atoms with Crippen LogP contribution < -0.4 is 10.9 Å². The Morgan fingerprint density at radius 1 is 1.04 bits per heavy atom. The molecule has 2 radical (unpaired) electrons. The Hall–Kier alpha value is -2.15. The molecule has 2 heterocycles. The highest BCUT2D eigenvalue weighted by Gasteiger charge is 2.20. The molecule has 0 atom stereocenters. The fourth-order valence-corrected chi connectivity index (χ4v) is 4.52. The summed E-state index contributed by atoms with van der Waals surface area (Å²) in [4.78, 5) is 1.20. The molecular weight excluding hydrogens is 310 g/mol. The highest BCUT2D eigenvalue weighted by atomic mass is 32.1. The standard InChI is InChI=1S/C20H16B2OS/c1-12-18-15(21-2)8-9-16(22-3)20(18)24-19(12)17-11-13-6-4-5-7-14(10-13)23-17/h4-9,11H,1-3H3. The van der Waals surface area contributed by atoms with Crippen molar-refractivity contribution in [3.05, 3.63) is 70.0 Å². The van der Waals surface area contributed by atoms with Crippen LogP contribution >= 0.6 is 11.3 Å². The predicted molar refractivity (Wildman–Crippen MR) is 107 cm³/mol. The van der Waals surface area contributed by atoms with Crippen molar-refractivity contribution in [1.29, 1.82) is 0 Å². The first-order valence-corrected chi connectivity index (χ1v) is 8.93. The fraction of sp³-hybridized carbons (Fsp3) is 0.150. The van der Waals surface area contributed by atoms with E-state index >= 15 is 0 Å². The van der Waals surface area contributed by atoms with Crippen LogP contribution in [0.25, 0.3) is 15.8 Å². The summed E-state index contributed by atoms with van der Waals surface area (Å²) in [5.41, 5.74) is 8.16. The molecule has 2 aromatic rings. The van der Waals surface area contributed by atoms with E-state index in [1.807, 2.05) is 29.6 Å². The predicted octanol–water partition coefficient (Wildman–Crippen LogP) is 3.87. The van der Waals surface area contributed by atoms with Crippen molar-refractivity contribution < 1.29 is 4.74 Å². The number of aryl methyl sites for hydroxylation is 1. The molecule has 0 spiro atoms. The van der Waals surface area contributed by atoms with Crippen molar-refractivity contribution in [3.63, 3.8) is 0 Å². The largest absolute Gasteiger partial charge is 0.447 e. The number of benzene rings is 1. The zero-order valence-corrected chi connectivity index (χ0v) is 14.8. The topological polar surface area (TPSA) is 9.23 Å². The maximum atomic E-state index is 6.09. The second kappa shape index (κ2) is 6.05. The smallest absolute Gasteiger partial charge is 0.170 e. The molecule has 0 amide bonds. The molecule has 114 valence electrons. The summed E-state index contributed by atoms with van der Waals surface area (Å²) < 4.78 is 7.42. The summed E-state index contributed by atoms with van der Waals surface area (Å²) in [6, 6.07) is 4.40. The van der Waals surface area contributed by atoms with E-state index in [-0.39, 0.29) is 0 Å². The Balaban J connectivity index is 1.92. The maximum absolute atomic E-state index is 6.09. The second-order valence-electron chi connectivity index (χ2n) is 5.86. The van der Waals surface area contributed by atoms with E-state index in [1.165, 1.54) is 31.5 Å². The molecule has 1 aromatic heterocycles. The van der Waals surface area contributed by atoms with Crippen molar-refractivity contribution in [3.8, 4) is 0 Å². The monoisotopic (exact) mass is 326 g/mol. The van der Waals surface area contributed by atoms with Gasteiger partial charge in [-0.1, -0.05) is 54.6 Å². The van der Waals surface area contributed by atoms with Gasteiger partial charge in [0.25, 0.3) is 0 Å². The molecule has 1 aliphatic heterocycles. The molecule has 0 unspecified atom stereocenters. The number of ether oxygens (including phenoxy) is 1. The molecule has 0 N–H and O–H groups in total. The van der Waals surface area contributed by atoms with Gasteiger partial charge in [0.05, 0.1) is 4.88 Å². The average Bonchev–Trinajstić information content (AvgIpc) is 2.86. The summed E-state index contributed by atoms with van der Waals surface area (Å²) in [5.74, 6) is 1.69. The third-order valence-electron chi connectivity index (χ3n) is 4.39. The SMILES string of the molecule is C[B]c1ccc([B]C)c2c(C)c(C3=CC4=C=C(C=CC=C4)O3)sc12. The van der Waals surface area contributed by atoms with Gasteiger partial charge in [0.1, 0.15) is 20.3 Å². The number of hydrogen-bond acceptors (Lipinski definition) is 2. The number of allylic oxidation sites excluding steroid dienone is 5. The molecule has 2 bridgehead atoms. The molecule has 24 heavy (non-hydrogen) atoms. The van der Waals surface area contributed by atoms with E-state index in [2.05, 4.69) is 65.1 Å². The van der Waals surface area contributed by atoms with Crippen LogP contribution in [-0.2, 0) is 4.74 Å². The van der Waals surface area contributed by atoms with Crippen LogP contribution in [-0.4, -0.2) is 14.6 Å². The van der Waals surface area contributed by atoms with Gasteiger partial charge in [0, 0.05) is 10.3 Å². The summed E-state index contributed by atoms with van der Waals surface area (Å²) in [6.45, 7) is 6.38. The Labute approximate surface area is 148 Å². The molecule has 4 heteroatoms. The molecule has 2 aliphatic rings. The Kier molecular flexibility index (Phi) is 3.88. The van der Waals surface area contributed by atoms with Crippen molar-refractivity contribution in [2.24, 2.45) is 0 Å². The van der Waals surface area contributed by atoms with Gasteiger partial charge in [-0.25, -0.2) is 0 Å². The molecule has 0 saturated heterocycles. The number of hydrogen-bond donors (Lipinski definition) is 0. The third-order valence-corrected chi connectivity index (χ3v) is 5.75. The van der Waals surface area contributed by atoms with Gasteiger partial charge in [0.15, 0.2) is 5.76 Å². The Morgan fingerprint density at radius 2 is 1.79 bits per heavy atom. The molecule has 4 rings (SSSR count). The lowest BCUT2D eigenvalue weighted by Gasteiger charge is -2.12. The molecule has 1 aliphatic carbocycles. The third kappa shape index (κ3) is 2.43. The van der Waals surface area contributed by atoms with Gasteiger partial charge in [-0.05, 0) is 36.1 Å². The molecule has 0 saturated carbocycles. The number of thiophene rings is 1. The first-order chi connectivity index (χ1) is 11.7. The summed E-state index contributed by atoms with van der Waals surface area (Å²) >= 11 is 1.81. The molecule has 1 aromatic carbocycles. The van der Waals surface area contributed by atoms with Crippen molar-refractivity contribution in [2.75, 3.05) is 0 Å². The highest BCUT2D eigenvalue weighted by molar-refractivity contribution is 7.21. The highest BCUT2D eigenvalue weighted by Crippen LogP contribution is 2.37. The van der Waals surface area contributed by atoms with Gasteiger partial charge in [-0.15, -0.1) is 11.3 Å². The fourth-order valence-electron chi connectivity index (χ4n) is 3.18. The van der Waals surface area contributed by atoms with E-state index < -0.39 is 0 Å². The van der Waals surface area contributed by atoms with Gasteiger partial charge in [0.2, 0.25) is 0 Å². The first kappa shape index (κ1) is 15.4. The maximum Gasteiger partial charge on any atom is 0.170 e. The minimum atomic E-state index is 0.772. The van der Waals surface area contributed by atoms with Crippen LogP contribution in [0.15, 0.2) is 59.6 Å². The molecule has 1 nitrogen and oxygen atoms in total. The van der Waals surface area contributed by atoms with E-state index in [9.17, 15) is 0 Å². The van der Waals surface area contributed by atoms with E-state index in [0.29, 0.717) is 0 Å². The van der Waals surface area contributed by atoms with Crippen LogP contribution in [0, 0.1) is 6.92 Å². The summed E-state index contributed by atoms with van der Waals surface area (Å²) in [7, 11) is 4.35. The van der Waals surface area contributed by atoms with Gasteiger partial charge in [-0.2, -0.15) is 0 Å². The van der Waals surface area contributed by atoms with Crippen LogP contribution in [0.4, 0.5) is 0 Å². The second-order valence-corrected chi connectivity index (χ2v) is 6.88. The lowest BCUT2D eigenvalue weighted by molar-refractivity contribution is 0.400. The van der Waals surface area contributed by atoms with Gasteiger partial charge >= 0.3 is 0 Å². The Morgan fingerprint density at radius 3 is 2.58 bits per heavy atom. The normalized spacial score (nSPS) is 15.4. The molecular formula is C20H16B2OS. The van der Waals surface area contributed by atoms with Crippen molar-refractivity contribution in [2.45, 2.75) is 20.6 Å². The van der Waals surface area contributed by atoms with Crippen LogP contribution in [0.1, 0.15) is 10.4 Å². The van der Waals surface area contributed by atoms with Gasteiger partial charge < -0.3 is 4.74 Å². The lowest BCUT2D eigenvalue weighted by Crippen LogP contribution is -2.19. The van der Waals surface area contributed by atoms with Gasteiger partial charge in [-0.3, -0.25) is 0 Å². The zero-order chi connectivity index (χ0) is 16.7.